The Morgan fingerprint density at radius 3 is 2.76 bits per heavy atom. The molecule has 0 amide bonds. The van der Waals surface area contributed by atoms with Crippen LogP contribution in [0.3, 0.4) is 0 Å². The zero-order chi connectivity index (χ0) is 15.0. The summed E-state index contributed by atoms with van der Waals surface area (Å²) in [5.74, 6) is -0.339. The zero-order valence-corrected chi connectivity index (χ0v) is 11.8. The van der Waals surface area contributed by atoms with Gasteiger partial charge in [0.2, 0.25) is 0 Å². The minimum Gasteiger partial charge on any atom is -0.298 e. The molecule has 110 valence electrons. The van der Waals surface area contributed by atoms with Crippen LogP contribution in [-0.4, -0.2) is 41.0 Å². The van der Waals surface area contributed by atoms with Crippen molar-refractivity contribution >= 4 is 16.1 Å². The van der Waals surface area contributed by atoms with Crippen molar-refractivity contribution in [3.63, 3.8) is 0 Å². The molecule has 0 N–H and O–H groups in total. The summed E-state index contributed by atoms with van der Waals surface area (Å²) in [5.41, 5.74) is 1.01. The molecule has 0 bridgehead atoms. The SMILES string of the molecule is O=Cc1cn(C2CCS(=O)(=O)C2)nc1-c1ccc(F)cn1. The summed E-state index contributed by atoms with van der Waals surface area (Å²) in [7, 11) is -3.04. The fraction of sp³-hybridized carbons (Fsp3) is 0.308. The number of rotatable bonds is 3. The van der Waals surface area contributed by atoms with Crippen LogP contribution in [0.5, 0.6) is 0 Å². The number of aldehydes is 1. The number of carbonyl (C=O) groups is 1. The standard InChI is InChI=1S/C13H12FN3O3S/c14-10-1-2-12(15-5-10)13-9(7-18)6-17(16-13)11-3-4-21(19,20)8-11/h1-2,5-7,11H,3-4,8H2. The lowest BCUT2D eigenvalue weighted by atomic mass is 10.2. The van der Waals surface area contributed by atoms with Gasteiger partial charge in [0.25, 0.3) is 0 Å². The second-order valence-corrected chi connectivity index (χ2v) is 7.18. The van der Waals surface area contributed by atoms with E-state index in [1.807, 2.05) is 0 Å². The van der Waals surface area contributed by atoms with Crippen molar-refractivity contribution in [2.75, 3.05) is 11.5 Å². The molecule has 0 spiro atoms. The first-order chi connectivity index (χ1) is 9.98. The van der Waals surface area contributed by atoms with Crippen LogP contribution in [0.25, 0.3) is 11.4 Å². The quantitative estimate of drug-likeness (QED) is 0.797. The molecule has 0 radical (unpaired) electrons. The second kappa shape index (κ2) is 5.03. The van der Waals surface area contributed by atoms with E-state index in [9.17, 15) is 17.6 Å². The van der Waals surface area contributed by atoms with E-state index < -0.39 is 15.7 Å². The van der Waals surface area contributed by atoms with Crippen LogP contribution in [0.1, 0.15) is 22.8 Å². The number of carbonyl (C=O) groups excluding carboxylic acids is 1. The molecule has 3 rings (SSSR count). The van der Waals surface area contributed by atoms with Crippen molar-refractivity contribution in [2.24, 2.45) is 0 Å². The predicted molar refractivity (Wildman–Crippen MR) is 73.1 cm³/mol. The molecule has 2 aromatic heterocycles. The van der Waals surface area contributed by atoms with E-state index in [0.717, 1.165) is 6.20 Å². The summed E-state index contributed by atoms with van der Waals surface area (Å²) in [6, 6.07) is 2.39. The lowest BCUT2D eigenvalue weighted by Gasteiger charge is -2.07. The van der Waals surface area contributed by atoms with Crippen LogP contribution in [0.4, 0.5) is 4.39 Å². The Morgan fingerprint density at radius 1 is 1.38 bits per heavy atom. The molecular formula is C13H12FN3O3S. The van der Waals surface area contributed by atoms with Crippen molar-refractivity contribution < 1.29 is 17.6 Å². The molecule has 1 saturated heterocycles. The predicted octanol–water partition coefficient (Wildman–Crippen LogP) is 1.26. The highest BCUT2D eigenvalue weighted by Crippen LogP contribution is 2.26. The van der Waals surface area contributed by atoms with Crippen LogP contribution >= 0.6 is 0 Å². The first-order valence-corrected chi connectivity index (χ1v) is 8.17. The maximum Gasteiger partial charge on any atom is 0.153 e. The van der Waals surface area contributed by atoms with Crippen molar-refractivity contribution in [3.05, 3.63) is 35.9 Å². The van der Waals surface area contributed by atoms with E-state index in [2.05, 4.69) is 10.1 Å². The van der Waals surface area contributed by atoms with Crippen LogP contribution in [0.2, 0.25) is 0 Å². The smallest absolute Gasteiger partial charge is 0.153 e. The number of halogens is 1. The summed E-state index contributed by atoms with van der Waals surface area (Å²) in [5, 5.41) is 4.26. The largest absolute Gasteiger partial charge is 0.298 e. The third-order valence-electron chi connectivity index (χ3n) is 3.44. The van der Waals surface area contributed by atoms with Gasteiger partial charge in [0, 0.05) is 6.20 Å². The number of aromatic nitrogens is 3. The van der Waals surface area contributed by atoms with Gasteiger partial charge in [0.15, 0.2) is 16.1 Å². The average molecular weight is 309 g/mol. The van der Waals surface area contributed by atoms with Crippen LogP contribution < -0.4 is 0 Å². The minimum absolute atomic E-state index is 0.0171. The van der Waals surface area contributed by atoms with E-state index in [1.165, 1.54) is 23.0 Å². The van der Waals surface area contributed by atoms with Gasteiger partial charge in [-0.05, 0) is 18.6 Å². The van der Waals surface area contributed by atoms with Gasteiger partial charge in [-0.25, -0.2) is 12.8 Å². The first kappa shape index (κ1) is 13.9. The molecular weight excluding hydrogens is 297 g/mol. The molecule has 1 aliphatic rings. The Balaban J connectivity index is 1.99. The van der Waals surface area contributed by atoms with Gasteiger partial charge in [-0.15, -0.1) is 0 Å². The highest BCUT2D eigenvalue weighted by molar-refractivity contribution is 7.91. The van der Waals surface area contributed by atoms with E-state index in [-0.39, 0.29) is 17.5 Å². The van der Waals surface area contributed by atoms with Crippen molar-refractivity contribution in [3.8, 4) is 11.4 Å². The van der Waals surface area contributed by atoms with E-state index in [4.69, 9.17) is 0 Å². The Morgan fingerprint density at radius 2 is 2.19 bits per heavy atom. The highest BCUT2D eigenvalue weighted by Gasteiger charge is 2.30. The van der Waals surface area contributed by atoms with Crippen molar-refractivity contribution in [2.45, 2.75) is 12.5 Å². The van der Waals surface area contributed by atoms with Crippen molar-refractivity contribution in [1.82, 2.24) is 14.8 Å². The van der Waals surface area contributed by atoms with Gasteiger partial charge in [-0.3, -0.25) is 14.5 Å². The fourth-order valence-electron chi connectivity index (χ4n) is 2.38. The third-order valence-corrected chi connectivity index (χ3v) is 5.19. The molecule has 0 aromatic carbocycles. The Labute approximate surface area is 120 Å². The van der Waals surface area contributed by atoms with Crippen LogP contribution in [0.15, 0.2) is 24.5 Å². The average Bonchev–Trinajstić information content (AvgIpc) is 3.02. The normalized spacial score (nSPS) is 20.5. The Bertz CT molecular complexity index is 783. The van der Waals surface area contributed by atoms with Gasteiger partial charge < -0.3 is 0 Å². The summed E-state index contributed by atoms with van der Waals surface area (Å²) >= 11 is 0. The summed E-state index contributed by atoms with van der Waals surface area (Å²) < 4.78 is 37.4. The molecule has 21 heavy (non-hydrogen) atoms. The van der Waals surface area contributed by atoms with E-state index >= 15 is 0 Å². The van der Waals surface area contributed by atoms with Crippen LogP contribution in [0, 0.1) is 5.82 Å². The van der Waals surface area contributed by atoms with E-state index in [0.29, 0.717) is 29.7 Å². The lowest BCUT2D eigenvalue weighted by molar-refractivity contribution is 0.112. The molecule has 2 aromatic rings. The lowest BCUT2D eigenvalue weighted by Crippen LogP contribution is -2.11. The van der Waals surface area contributed by atoms with Gasteiger partial charge in [0.1, 0.15) is 11.5 Å². The van der Waals surface area contributed by atoms with Gasteiger partial charge >= 0.3 is 0 Å². The van der Waals surface area contributed by atoms with E-state index in [1.54, 1.807) is 0 Å². The molecule has 3 heterocycles. The van der Waals surface area contributed by atoms with Gasteiger partial charge in [0.05, 0.1) is 35.0 Å². The Hall–Kier alpha value is -2.09. The molecule has 0 aliphatic carbocycles. The van der Waals surface area contributed by atoms with Gasteiger partial charge in [-0.2, -0.15) is 5.10 Å². The molecule has 1 aliphatic heterocycles. The van der Waals surface area contributed by atoms with Crippen LogP contribution in [-0.2, 0) is 9.84 Å². The molecule has 0 saturated carbocycles. The minimum atomic E-state index is -3.04. The summed E-state index contributed by atoms with van der Waals surface area (Å²) in [6.07, 6.45) is 3.66. The number of hydrogen-bond acceptors (Lipinski definition) is 5. The van der Waals surface area contributed by atoms with Crippen molar-refractivity contribution in [1.29, 1.82) is 0 Å². The molecule has 8 heteroatoms. The fourth-order valence-corrected chi connectivity index (χ4v) is 4.08. The summed E-state index contributed by atoms with van der Waals surface area (Å²) in [4.78, 5) is 15.0. The monoisotopic (exact) mass is 309 g/mol. The molecule has 6 nitrogen and oxygen atoms in total. The maximum absolute atomic E-state index is 12.9. The van der Waals surface area contributed by atoms with Gasteiger partial charge in [-0.1, -0.05) is 0 Å². The topological polar surface area (TPSA) is 81.9 Å². The number of nitrogens with zero attached hydrogens (tertiary/aromatic N) is 3. The summed E-state index contributed by atoms with van der Waals surface area (Å²) in [6.45, 7) is 0. The number of pyridine rings is 1. The molecule has 1 fully saturated rings. The third kappa shape index (κ3) is 2.71. The maximum atomic E-state index is 12.9. The molecule has 1 unspecified atom stereocenters. The number of hydrogen-bond donors (Lipinski definition) is 0. The second-order valence-electron chi connectivity index (χ2n) is 4.95. The first-order valence-electron chi connectivity index (χ1n) is 6.35. The molecule has 1 atom stereocenters. The highest BCUT2D eigenvalue weighted by atomic mass is 32.2. The zero-order valence-electron chi connectivity index (χ0n) is 10.9. The Kier molecular flexibility index (Phi) is 3.32. The number of sulfone groups is 1.